The number of rotatable bonds is 4. The molecule has 2 aromatic carbocycles. The number of hydrogen-bond donors (Lipinski definition) is 2. The lowest BCUT2D eigenvalue weighted by atomic mass is 10.1. The molecule has 5 nitrogen and oxygen atoms in total. The van der Waals surface area contributed by atoms with Crippen molar-refractivity contribution < 1.29 is 9.59 Å². The predicted octanol–water partition coefficient (Wildman–Crippen LogP) is 2.91. The van der Waals surface area contributed by atoms with Gasteiger partial charge in [-0.05, 0) is 42.7 Å². The Morgan fingerprint density at radius 3 is 2.60 bits per heavy atom. The van der Waals surface area contributed by atoms with Crippen LogP contribution in [0.4, 0.5) is 10.5 Å². The molecule has 1 heterocycles. The Labute approximate surface area is 148 Å². The molecule has 2 N–H and O–H groups in total. The minimum atomic E-state index is -0.247. The Morgan fingerprint density at radius 1 is 1.12 bits per heavy atom. The fourth-order valence-corrected chi connectivity index (χ4v) is 2.96. The molecular weight excluding hydrogens is 314 g/mol. The number of nitrogens with one attached hydrogen (secondary N) is 2. The zero-order chi connectivity index (χ0) is 17.8. The van der Waals surface area contributed by atoms with Gasteiger partial charge in [0.15, 0.2) is 0 Å². The van der Waals surface area contributed by atoms with Gasteiger partial charge in [-0.2, -0.15) is 0 Å². The summed E-state index contributed by atoms with van der Waals surface area (Å²) in [5.74, 6) is 0.0385. The second kappa shape index (κ2) is 7.38. The van der Waals surface area contributed by atoms with Gasteiger partial charge in [-0.1, -0.05) is 36.4 Å². The molecule has 0 aliphatic carbocycles. The highest BCUT2D eigenvalue weighted by Crippen LogP contribution is 2.24. The maximum absolute atomic E-state index is 12.3. The van der Waals surface area contributed by atoms with Gasteiger partial charge in [0.25, 0.3) is 0 Å². The van der Waals surface area contributed by atoms with Gasteiger partial charge in [0.1, 0.15) is 0 Å². The van der Waals surface area contributed by atoms with Gasteiger partial charge in [0.05, 0.1) is 6.04 Å². The SMILES string of the molecule is Cc1ccc(N2C[C@@H](NC(=O)NCc3ccccc3)CC2=O)cc1C. The molecule has 25 heavy (non-hydrogen) atoms. The van der Waals surface area contributed by atoms with Crippen molar-refractivity contribution >= 4 is 17.6 Å². The van der Waals surface area contributed by atoms with E-state index in [2.05, 4.69) is 10.6 Å². The summed E-state index contributed by atoms with van der Waals surface area (Å²) in [6, 6.07) is 15.3. The Bertz CT molecular complexity index is 774. The molecule has 0 bridgehead atoms. The second-order valence-corrected chi connectivity index (χ2v) is 6.49. The number of anilines is 1. The molecule has 5 heteroatoms. The summed E-state index contributed by atoms with van der Waals surface area (Å²) in [5, 5.41) is 5.72. The van der Waals surface area contributed by atoms with Crippen LogP contribution in [0.15, 0.2) is 48.5 Å². The Hall–Kier alpha value is -2.82. The summed E-state index contributed by atoms with van der Waals surface area (Å²) in [6.45, 7) is 5.05. The Morgan fingerprint density at radius 2 is 1.88 bits per heavy atom. The van der Waals surface area contributed by atoms with Crippen molar-refractivity contribution in [2.24, 2.45) is 0 Å². The van der Waals surface area contributed by atoms with Crippen LogP contribution in [-0.4, -0.2) is 24.5 Å². The van der Waals surface area contributed by atoms with Crippen LogP contribution >= 0.6 is 0 Å². The first-order valence-electron chi connectivity index (χ1n) is 8.49. The lowest BCUT2D eigenvalue weighted by molar-refractivity contribution is -0.117. The highest BCUT2D eigenvalue weighted by atomic mass is 16.2. The molecule has 3 rings (SSSR count). The van der Waals surface area contributed by atoms with Crippen LogP contribution in [0.3, 0.4) is 0 Å². The van der Waals surface area contributed by atoms with Crippen molar-refractivity contribution in [3.63, 3.8) is 0 Å². The van der Waals surface area contributed by atoms with E-state index < -0.39 is 0 Å². The molecule has 0 aromatic heterocycles. The smallest absolute Gasteiger partial charge is 0.315 e. The van der Waals surface area contributed by atoms with Gasteiger partial charge in [-0.15, -0.1) is 0 Å². The number of amides is 3. The van der Waals surface area contributed by atoms with Crippen LogP contribution in [0, 0.1) is 13.8 Å². The van der Waals surface area contributed by atoms with Crippen LogP contribution in [0.1, 0.15) is 23.1 Å². The first-order chi connectivity index (χ1) is 12.0. The molecule has 1 aliphatic heterocycles. The quantitative estimate of drug-likeness (QED) is 0.901. The summed E-state index contributed by atoms with van der Waals surface area (Å²) in [5.41, 5.74) is 4.28. The molecule has 3 amide bonds. The number of carbonyl (C=O) groups is 2. The Balaban J connectivity index is 1.55. The van der Waals surface area contributed by atoms with E-state index in [1.807, 2.05) is 62.4 Å². The van der Waals surface area contributed by atoms with Crippen LogP contribution in [0.5, 0.6) is 0 Å². The number of benzene rings is 2. The summed E-state index contributed by atoms with van der Waals surface area (Å²) < 4.78 is 0. The second-order valence-electron chi connectivity index (χ2n) is 6.49. The standard InChI is InChI=1S/C20H23N3O2/c1-14-8-9-18(10-15(14)2)23-13-17(11-19(23)24)22-20(25)21-12-16-6-4-3-5-7-16/h3-10,17H,11-13H2,1-2H3,(H2,21,22,25)/t17-/m0/s1. The fraction of sp³-hybridized carbons (Fsp3) is 0.300. The highest BCUT2D eigenvalue weighted by molar-refractivity contribution is 5.96. The normalized spacial score (nSPS) is 16.8. The molecule has 0 unspecified atom stereocenters. The van der Waals surface area contributed by atoms with E-state index in [0.29, 0.717) is 19.5 Å². The monoisotopic (exact) mass is 337 g/mol. The first kappa shape index (κ1) is 17.0. The molecule has 1 saturated heterocycles. The van der Waals surface area contributed by atoms with Crippen molar-refractivity contribution in [2.75, 3.05) is 11.4 Å². The maximum Gasteiger partial charge on any atom is 0.315 e. The number of hydrogen-bond acceptors (Lipinski definition) is 2. The Kier molecular flexibility index (Phi) is 5.03. The van der Waals surface area contributed by atoms with Crippen molar-refractivity contribution in [1.82, 2.24) is 10.6 Å². The van der Waals surface area contributed by atoms with Gasteiger partial charge < -0.3 is 15.5 Å². The number of carbonyl (C=O) groups excluding carboxylic acids is 2. The third-order valence-electron chi connectivity index (χ3n) is 4.56. The maximum atomic E-state index is 12.3. The van der Waals surface area contributed by atoms with E-state index >= 15 is 0 Å². The molecule has 2 aromatic rings. The topological polar surface area (TPSA) is 61.4 Å². The van der Waals surface area contributed by atoms with E-state index in [4.69, 9.17) is 0 Å². The minimum absolute atomic E-state index is 0.0385. The third kappa shape index (κ3) is 4.18. The van der Waals surface area contributed by atoms with Gasteiger partial charge in [-0.25, -0.2) is 4.79 Å². The number of nitrogens with zero attached hydrogens (tertiary/aromatic N) is 1. The molecular formula is C20H23N3O2. The molecule has 1 fully saturated rings. The first-order valence-corrected chi connectivity index (χ1v) is 8.49. The van der Waals surface area contributed by atoms with Gasteiger partial charge in [0, 0.05) is 25.2 Å². The van der Waals surface area contributed by atoms with Gasteiger partial charge in [0.2, 0.25) is 5.91 Å². The van der Waals surface area contributed by atoms with Crippen molar-refractivity contribution in [3.05, 3.63) is 65.2 Å². The van der Waals surface area contributed by atoms with Crippen LogP contribution in [-0.2, 0) is 11.3 Å². The van der Waals surface area contributed by atoms with Gasteiger partial charge >= 0.3 is 6.03 Å². The predicted molar refractivity (Wildman–Crippen MR) is 98.5 cm³/mol. The highest BCUT2D eigenvalue weighted by Gasteiger charge is 2.31. The zero-order valence-corrected chi connectivity index (χ0v) is 14.6. The largest absolute Gasteiger partial charge is 0.334 e. The lowest BCUT2D eigenvalue weighted by Gasteiger charge is -2.18. The summed E-state index contributed by atoms with van der Waals surface area (Å²) in [6.07, 6.45) is 0.325. The minimum Gasteiger partial charge on any atom is -0.334 e. The van der Waals surface area contributed by atoms with Crippen molar-refractivity contribution in [3.8, 4) is 0 Å². The van der Waals surface area contributed by atoms with E-state index in [-0.39, 0.29) is 18.0 Å². The van der Waals surface area contributed by atoms with Crippen LogP contribution in [0.25, 0.3) is 0 Å². The molecule has 1 aliphatic rings. The number of urea groups is 1. The van der Waals surface area contributed by atoms with E-state index in [1.165, 1.54) is 5.56 Å². The summed E-state index contributed by atoms with van der Waals surface area (Å²) in [7, 11) is 0. The molecule has 130 valence electrons. The molecule has 0 saturated carbocycles. The molecule has 0 spiro atoms. The molecule has 0 radical (unpaired) electrons. The van der Waals surface area contributed by atoms with E-state index in [1.54, 1.807) is 4.90 Å². The fourth-order valence-electron chi connectivity index (χ4n) is 2.96. The van der Waals surface area contributed by atoms with Crippen LogP contribution < -0.4 is 15.5 Å². The van der Waals surface area contributed by atoms with Gasteiger partial charge in [-0.3, -0.25) is 4.79 Å². The summed E-state index contributed by atoms with van der Waals surface area (Å²) >= 11 is 0. The average Bonchev–Trinajstić information content (AvgIpc) is 2.96. The van der Waals surface area contributed by atoms with Crippen molar-refractivity contribution in [2.45, 2.75) is 32.9 Å². The molecule has 1 atom stereocenters. The zero-order valence-electron chi connectivity index (χ0n) is 14.6. The third-order valence-corrected chi connectivity index (χ3v) is 4.56. The van der Waals surface area contributed by atoms with E-state index in [0.717, 1.165) is 16.8 Å². The summed E-state index contributed by atoms with van der Waals surface area (Å²) in [4.78, 5) is 26.1. The average molecular weight is 337 g/mol. The lowest BCUT2D eigenvalue weighted by Crippen LogP contribution is -2.43. The van der Waals surface area contributed by atoms with E-state index in [9.17, 15) is 9.59 Å². The van der Waals surface area contributed by atoms with Crippen molar-refractivity contribution in [1.29, 1.82) is 0 Å². The number of aryl methyl sites for hydroxylation is 2. The van der Waals surface area contributed by atoms with Crippen LogP contribution in [0.2, 0.25) is 0 Å².